The highest BCUT2D eigenvalue weighted by Crippen LogP contribution is 2.29. The summed E-state index contributed by atoms with van der Waals surface area (Å²) in [7, 11) is 0. The summed E-state index contributed by atoms with van der Waals surface area (Å²) in [6, 6.07) is 3.76. The van der Waals surface area contributed by atoms with Crippen LogP contribution in [0.5, 0.6) is 11.5 Å². The van der Waals surface area contributed by atoms with Crippen LogP contribution < -0.4 is 9.47 Å². The van der Waals surface area contributed by atoms with E-state index in [-0.39, 0.29) is 13.2 Å². The van der Waals surface area contributed by atoms with E-state index in [1.165, 1.54) is 0 Å². The summed E-state index contributed by atoms with van der Waals surface area (Å²) in [5, 5.41) is 18.7. The summed E-state index contributed by atoms with van der Waals surface area (Å²) >= 11 is 0. The first-order valence-electron chi connectivity index (χ1n) is 8.19. The van der Waals surface area contributed by atoms with Crippen LogP contribution in [0.2, 0.25) is 0 Å². The van der Waals surface area contributed by atoms with Crippen molar-refractivity contribution in [2.45, 2.75) is 26.7 Å². The fourth-order valence-electron chi connectivity index (χ4n) is 2.52. The van der Waals surface area contributed by atoms with Crippen molar-refractivity contribution in [3.8, 4) is 22.9 Å². The average Bonchev–Trinajstić information content (AvgIpc) is 2.57. The highest BCUT2D eigenvalue weighted by atomic mass is 16.5. The lowest BCUT2D eigenvalue weighted by atomic mass is 10.0. The molecule has 0 saturated heterocycles. The van der Waals surface area contributed by atoms with Crippen LogP contribution in [0.4, 0.5) is 0 Å². The van der Waals surface area contributed by atoms with Crippen LogP contribution in [0.15, 0.2) is 24.5 Å². The van der Waals surface area contributed by atoms with Crippen LogP contribution >= 0.6 is 0 Å². The summed E-state index contributed by atoms with van der Waals surface area (Å²) in [6.07, 6.45) is 4.22. The third-order valence-electron chi connectivity index (χ3n) is 3.49. The Balaban J connectivity index is 2.48. The molecule has 0 fully saturated rings. The van der Waals surface area contributed by atoms with Crippen LogP contribution in [0, 0.1) is 0 Å². The molecule has 130 valence electrons. The zero-order valence-electron chi connectivity index (χ0n) is 14.2. The molecule has 0 aliphatic heterocycles. The van der Waals surface area contributed by atoms with E-state index in [1.807, 2.05) is 26.0 Å². The second-order valence-electron chi connectivity index (χ2n) is 5.17. The predicted molar refractivity (Wildman–Crippen MR) is 91.4 cm³/mol. The molecule has 6 heteroatoms. The highest BCUT2D eigenvalue weighted by Gasteiger charge is 2.15. The molecule has 2 aromatic rings. The zero-order chi connectivity index (χ0) is 17.4. The van der Waals surface area contributed by atoms with Crippen molar-refractivity contribution in [2.75, 3.05) is 26.4 Å². The lowest BCUT2D eigenvalue weighted by Crippen LogP contribution is -2.05. The number of hydrogen-bond acceptors (Lipinski definition) is 6. The van der Waals surface area contributed by atoms with E-state index in [1.54, 1.807) is 12.4 Å². The maximum absolute atomic E-state index is 9.35. The van der Waals surface area contributed by atoms with E-state index in [0.29, 0.717) is 48.9 Å². The highest BCUT2D eigenvalue weighted by molar-refractivity contribution is 5.64. The van der Waals surface area contributed by atoms with Gasteiger partial charge < -0.3 is 19.7 Å². The topological polar surface area (TPSA) is 84.7 Å². The summed E-state index contributed by atoms with van der Waals surface area (Å²) < 4.78 is 11.0. The summed E-state index contributed by atoms with van der Waals surface area (Å²) in [6.45, 7) is 4.94. The van der Waals surface area contributed by atoms with Crippen LogP contribution in [-0.2, 0) is 12.8 Å². The Labute approximate surface area is 142 Å². The van der Waals surface area contributed by atoms with Gasteiger partial charge in [0.15, 0.2) is 0 Å². The Bertz CT molecular complexity index is 604. The molecule has 0 radical (unpaired) electrons. The smallest absolute Gasteiger partial charge is 0.137 e. The Morgan fingerprint density at radius 3 is 1.54 bits per heavy atom. The normalized spacial score (nSPS) is 10.7. The van der Waals surface area contributed by atoms with Gasteiger partial charge in [-0.15, -0.1) is 0 Å². The van der Waals surface area contributed by atoms with Gasteiger partial charge in [0.1, 0.15) is 11.5 Å². The van der Waals surface area contributed by atoms with Crippen molar-refractivity contribution in [3.63, 3.8) is 0 Å². The Morgan fingerprint density at radius 1 is 0.792 bits per heavy atom. The molecule has 0 unspecified atom stereocenters. The van der Waals surface area contributed by atoms with Crippen LogP contribution in [0.25, 0.3) is 11.4 Å². The van der Waals surface area contributed by atoms with Gasteiger partial charge in [-0.05, 0) is 49.9 Å². The fourth-order valence-corrected chi connectivity index (χ4v) is 2.52. The molecule has 0 spiro atoms. The Kier molecular flexibility index (Phi) is 6.96. The minimum atomic E-state index is 0.0105. The maximum atomic E-state index is 9.35. The van der Waals surface area contributed by atoms with Gasteiger partial charge in [-0.3, -0.25) is 9.97 Å². The molecular formula is C18H24N2O4. The van der Waals surface area contributed by atoms with Gasteiger partial charge in [0.05, 0.1) is 37.0 Å². The molecule has 0 saturated carbocycles. The lowest BCUT2D eigenvalue weighted by molar-refractivity contribution is 0.297. The monoisotopic (exact) mass is 332 g/mol. The summed E-state index contributed by atoms with van der Waals surface area (Å²) in [4.78, 5) is 8.97. The van der Waals surface area contributed by atoms with Crippen molar-refractivity contribution in [3.05, 3.63) is 35.7 Å². The van der Waals surface area contributed by atoms with Gasteiger partial charge >= 0.3 is 0 Å². The molecule has 0 aliphatic rings. The number of pyridine rings is 2. The fraction of sp³-hybridized carbons (Fsp3) is 0.444. The van der Waals surface area contributed by atoms with Crippen LogP contribution in [0.3, 0.4) is 0 Å². The quantitative estimate of drug-likeness (QED) is 0.731. The first-order chi connectivity index (χ1) is 11.7. The van der Waals surface area contributed by atoms with Crippen LogP contribution in [0.1, 0.15) is 25.0 Å². The maximum Gasteiger partial charge on any atom is 0.137 e. The number of ether oxygens (including phenoxy) is 2. The second kappa shape index (κ2) is 9.20. The first kappa shape index (κ1) is 18.2. The Hall–Kier alpha value is -2.18. The molecule has 6 nitrogen and oxygen atoms in total. The van der Waals surface area contributed by atoms with Crippen molar-refractivity contribution >= 4 is 0 Å². The number of aliphatic hydroxyl groups is 2. The third kappa shape index (κ3) is 4.43. The number of aromatic nitrogens is 2. The summed E-state index contributed by atoms with van der Waals surface area (Å²) in [5.74, 6) is 1.33. The molecule has 0 aromatic carbocycles. The SMILES string of the molecule is CCOc1cnc(-c2ncc(OCC)cc2CCO)c(CCO)c1. The molecule has 0 atom stereocenters. The molecule has 2 rings (SSSR count). The van der Waals surface area contributed by atoms with E-state index in [0.717, 1.165) is 11.1 Å². The molecule has 2 aromatic heterocycles. The van der Waals surface area contributed by atoms with Gasteiger partial charge in [-0.1, -0.05) is 0 Å². The van der Waals surface area contributed by atoms with Gasteiger partial charge in [0.2, 0.25) is 0 Å². The first-order valence-corrected chi connectivity index (χ1v) is 8.19. The predicted octanol–water partition coefficient (Wildman–Crippen LogP) is 2.01. The molecule has 2 heterocycles. The van der Waals surface area contributed by atoms with E-state index in [2.05, 4.69) is 9.97 Å². The standard InChI is InChI=1S/C18H24N2O4/c1-3-23-15-9-13(5-7-21)17(19-11-15)18-14(6-8-22)10-16(12-20-18)24-4-2/h9-12,21-22H,3-8H2,1-2H3. The molecular weight excluding hydrogens is 308 g/mol. The Morgan fingerprint density at radius 2 is 1.21 bits per heavy atom. The number of hydrogen-bond donors (Lipinski definition) is 2. The second-order valence-corrected chi connectivity index (χ2v) is 5.17. The number of aliphatic hydroxyl groups excluding tert-OH is 2. The van der Waals surface area contributed by atoms with Crippen molar-refractivity contribution in [2.24, 2.45) is 0 Å². The summed E-state index contributed by atoms with van der Waals surface area (Å²) in [5.41, 5.74) is 3.11. The van der Waals surface area contributed by atoms with E-state index >= 15 is 0 Å². The average molecular weight is 332 g/mol. The van der Waals surface area contributed by atoms with Crippen molar-refractivity contribution in [1.29, 1.82) is 0 Å². The van der Waals surface area contributed by atoms with Crippen molar-refractivity contribution < 1.29 is 19.7 Å². The van der Waals surface area contributed by atoms with Gasteiger partial charge in [-0.25, -0.2) is 0 Å². The van der Waals surface area contributed by atoms with E-state index in [9.17, 15) is 10.2 Å². The number of nitrogens with zero attached hydrogens (tertiary/aromatic N) is 2. The minimum Gasteiger partial charge on any atom is -0.492 e. The third-order valence-corrected chi connectivity index (χ3v) is 3.49. The number of rotatable bonds is 9. The minimum absolute atomic E-state index is 0.0105. The zero-order valence-corrected chi connectivity index (χ0v) is 14.2. The van der Waals surface area contributed by atoms with E-state index in [4.69, 9.17) is 9.47 Å². The largest absolute Gasteiger partial charge is 0.492 e. The molecule has 0 amide bonds. The molecule has 2 N–H and O–H groups in total. The van der Waals surface area contributed by atoms with Gasteiger partial charge in [0, 0.05) is 13.2 Å². The van der Waals surface area contributed by atoms with Gasteiger partial charge in [0.25, 0.3) is 0 Å². The van der Waals surface area contributed by atoms with Crippen molar-refractivity contribution in [1.82, 2.24) is 9.97 Å². The molecule has 0 aliphatic carbocycles. The van der Waals surface area contributed by atoms with Gasteiger partial charge in [-0.2, -0.15) is 0 Å². The molecule has 24 heavy (non-hydrogen) atoms. The lowest BCUT2D eigenvalue weighted by Gasteiger charge is -2.14. The molecule has 0 bridgehead atoms. The van der Waals surface area contributed by atoms with Crippen LogP contribution in [-0.4, -0.2) is 46.6 Å². The van der Waals surface area contributed by atoms with E-state index < -0.39 is 0 Å².